The zero-order chi connectivity index (χ0) is 23.5. The molecule has 1 N–H and O–H groups in total. The van der Waals surface area contributed by atoms with Crippen LogP contribution in [0.15, 0.2) is 59.0 Å². The molecule has 6 nitrogen and oxygen atoms in total. The number of carbonyl (C=O) groups is 2. The second kappa shape index (κ2) is 9.75. The van der Waals surface area contributed by atoms with Crippen molar-refractivity contribution in [3.63, 3.8) is 0 Å². The molecule has 2 amide bonds. The number of carbonyl (C=O) groups excluding carboxylic acids is 2. The second-order valence-corrected chi connectivity index (χ2v) is 9.14. The first kappa shape index (κ1) is 22.3. The quantitative estimate of drug-likeness (QED) is 0.535. The number of rotatable bonds is 5. The number of anilines is 1. The lowest BCUT2D eigenvalue weighted by atomic mass is 9.88. The van der Waals surface area contributed by atoms with E-state index in [1.807, 2.05) is 41.3 Å². The van der Waals surface area contributed by atoms with Crippen molar-refractivity contribution < 1.29 is 18.7 Å². The molecule has 2 aliphatic rings. The van der Waals surface area contributed by atoms with Crippen molar-refractivity contribution in [2.24, 2.45) is 5.92 Å². The molecule has 2 heterocycles. The van der Waals surface area contributed by atoms with E-state index in [9.17, 15) is 9.59 Å². The first-order valence-corrected chi connectivity index (χ1v) is 12.1. The van der Waals surface area contributed by atoms with Crippen molar-refractivity contribution in [3.05, 3.63) is 71.5 Å². The van der Waals surface area contributed by atoms with Crippen LogP contribution < -0.4 is 10.1 Å². The van der Waals surface area contributed by atoms with Gasteiger partial charge in [-0.2, -0.15) is 0 Å². The molecule has 0 atom stereocenters. The highest BCUT2D eigenvalue weighted by molar-refractivity contribution is 6.06. The fourth-order valence-corrected chi connectivity index (χ4v) is 5.02. The molecule has 1 aliphatic carbocycles. The molecule has 1 aliphatic heterocycles. The highest BCUT2D eigenvalue weighted by Crippen LogP contribution is 2.32. The molecule has 176 valence electrons. The number of hydrogen-bond donors (Lipinski definition) is 1. The maximum Gasteiger partial charge on any atom is 0.259 e. The van der Waals surface area contributed by atoms with Crippen molar-refractivity contribution in [3.8, 4) is 17.1 Å². The van der Waals surface area contributed by atoms with Crippen molar-refractivity contribution in [1.29, 1.82) is 0 Å². The molecule has 2 aromatic carbocycles. The number of nitrogens with one attached hydrogen (secondary N) is 1. The van der Waals surface area contributed by atoms with Gasteiger partial charge in [-0.1, -0.05) is 31.4 Å². The van der Waals surface area contributed by atoms with E-state index in [2.05, 4.69) is 11.4 Å². The average Bonchev–Trinajstić information content (AvgIpc) is 3.32. The number of fused-ring (bicyclic) bond motifs is 1. The van der Waals surface area contributed by atoms with Gasteiger partial charge >= 0.3 is 0 Å². The number of hydrogen-bond acceptors (Lipinski definition) is 4. The third kappa shape index (κ3) is 4.58. The maximum absolute atomic E-state index is 13.0. The van der Waals surface area contributed by atoms with E-state index in [-0.39, 0.29) is 11.8 Å². The van der Waals surface area contributed by atoms with Crippen LogP contribution in [0.25, 0.3) is 11.3 Å². The summed E-state index contributed by atoms with van der Waals surface area (Å²) in [5, 5.41) is 2.92. The van der Waals surface area contributed by atoms with E-state index >= 15 is 0 Å². The largest absolute Gasteiger partial charge is 0.496 e. The molecule has 1 aromatic heterocycles. The first-order valence-electron chi connectivity index (χ1n) is 12.1. The smallest absolute Gasteiger partial charge is 0.259 e. The predicted octanol–water partition coefficient (Wildman–Crippen LogP) is 5.67. The standard InChI is InChI=1S/C28H30N2O4/c1-33-25-10-6-5-9-23(25)27(31)29-22-13-11-19(12-14-22)26-17-21-18-30(16-15-24(21)34-26)28(32)20-7-3-2-4-8-20/h5-6,9-14,17,20H,2-4,7-8,15-16,18H2,1H3,(H,29,31). The van der Waals surface area contributed by atoms with Crippen LogP contribution >= 0.6 is 0 Å². The van der Waals surface area contributed by atoms with Crippen molar-refractivity contribution >= 4 is 17.5 Å². The summed E-state index contributed by atoms with van der Waals surface area (Å²) in [6, 6.07) is 16.8. The Kier molecular flexibility index (Phi) is 6.39. The van der Waals surface area contributed by atoms with E-state index in [0.29, 0.717) is 29.5 Å². The third-order valence-corrected chi connectivity index (χ3v) is 6.91. The Labute approximate surface area is 199 Å². The number of nitrogens with zero attached hydrogens (tertiary/aromatic N) is 1. The van der Waals surface area contributed by atoms with Crippen LogP contribution in [0.1, 0.15) is 53.8 Å². The molecule has 1 fully saturated rings. The Hall–Kier alpha value is -3.54. The normalized spacial score (nSPS) is 16.1. The Morgan fingerprint density at radius 2 is 1.79 bits per heavy atom. The molecule has 34 heavy (non-hydrogen) atoms. The molecule has 3 aromatic rings. The number of benzene rings is 2. The Bertz CT molecular complexity index is 1180. The lowest BCUT2D eigenvalue weighted by Gasteiger charge is -2.31. The Morgan fingerprint density at radius 3 is 2.56 bits per heavy atom. The lowest BCUT2D eigenvalue weighted by Crippen LogP contribution is -2.40. The highest BCUT2D eigenvalue weighted by atomic mass is 16.5. The minimum Gasteiger partial charge on any atom is -0.496 e. The van der Waals surface area contributed by atoms with E-state index in [4.69, 9.17) is 9.15 Å². The van der Waals surface area contributed by atoms with Crippen LogP contribution in [-0.4, -0.2) is 30.4 Å². The minimum absolute atomic E-state index is 0.195. The number of ether oxygens (including phenoxy) is 1. The highest BCUT2D eigenvalue weighted by Gasteiger charge is 2.30. The maximum atomic E-state index is 13.0. The molecule has 0 bridgehead atoms. The van der Waals surface area contributed by atoms with Gasteiger partial charge in [0.05, 0.1) is 12.7 Å². The zero-order valence-corrected chi connectivity index (χ0v) is 19.5. The Morgan fingerprint density at radius 1 is 1.03 bits per heavy atom. The second-order valence-electron chi connectivity index (χ2n) is 9.14. The van der Waals surface area contributed by atoms with E-state index < -0.39 is 0 Å². The fraction of sp³-hybridized carbons (Fsp3) is 0.357. The number of methoxy groups -OCH3 is 1. The summed E-state index contributed by atoms with van der Waals surface area (Å²) < 4.78 is 11.4. The molecular formula is C28H30N2O4. The topological polar surface area (TPSA) is 71.8 Å². The van der Waals surface area contributed by atoms with Gasteiger partial charge in [0.2, 0.25) is 5.91 Å². The summed E-state index contributed by atoms with van der Waals surface area (Å²) in [5.74, 6) is 2.58. The summed E-state index contributed by atoms with van der Waals surface area (Å²) in [6.07, 6.45) is 6.39. The minimum atomic E-state index is -0.221. The summed E-state index contributed by atoms with van der Waals surface area (Å²) in [5.41, 5.74) is 3.22. The molecule has 1 saturated carbocycles. The van der Waals surface area contributed by atoms with Crippen LogP contribution in [-0.2, 0) is 17.8 Å². The van der Waals surface area contributed by atoms with Gasteiger partial charge in [-0.15, -0.1) is 0 Å². The molecule has 5 rings (SSSR count). The SMILES string of the molecule is COc1ccccc1C(=O)Nc1ccc(-c2cc3c(o2)CCN(C(=O)C2CCCCC2)C3)cc1. The molecule has 0 radical (unpaired) electrons. The average molecular weight is 459 g/mol. The first-order chi connectivity index (χ1) is 16.6. The molecule has 6 heteroatoms. The van der Waals surface area contributed by atoms with Gasteiger partial charge in [-0.05, 0) is 55.3 Å². The molecular weight excluding hydrogens is 428 g/mol. The summed E-state index contributed by atoms with van der Waals surface area (Å²) in [6.45, 7) is 1.35. The van der Waals surface area contributed by atoms with Gasteiger partial charge < -0.3 is 19.4 Å². The van der Waals surface area contributed by atoms with E-state index in [1.165, 1.54) is 19.3 Å². The number of para-hydroxylation sites is 1. The van der Waals surface area contributed by atoms with Crippen LogP contribution in [0.5, 0.6) is 5.75 Å². The zero-order valence-electron chi connectivity index (χ0n) is 19.5. The van der Waals surface area contributed by atoms with Crippen molar-refractivity contribution in [1.82, 2.24) is 4.90 Å². The van der Waals surface area contributed by atoms with Gasteiger partial charge in [-0.25, -0.2) is 0 Å². The van der Waals surface area contributed by atoms with Crippen LogP contribution in [0.2, 0.25) is 0 Å². The van der Waals surface area contributed by atoms with Gasteiger partial charge in [0.25, 0.3) is 5.91 Å². The molecule has 0 saturated heterocycles. The lowest BCUT2D eigenvalue weighted by molar-refractivity contribution is -0.137. The van der Waals surface area contributed by atoms with Gasteiger partial charge in [0.15, 0.2) is 0 Å². The molecule has 0 spiro atoms. The van der Waals surface area contributed by atoms with E-state index in [0.717, 1.165) is 48.5 Å². The third-order valence-electron chi connectivity index (χ3n) is 6.91. The Balaban J connectivity index is 1.26. The molecule has 0 unspecified atom stereocenters. The predicted molar refractivity (Wildman–Crippen MR) is 131 cm³/mol. The van der Waals surface area contributed by atoms with Crippen molar-refractivity contribution in [2.75, 3.05) is 19.0 Å². The van der Waals surface area contributed by atoms with Gasteiger partial charge in [0, 0.05) is 42.2 Å². The summed E-state index contributed by atoms with van der Waals surface area (Å²) in [4.78, 5) is 27.6. The van der Waals surface area contributed by atoms with Gasteiger partial charge in [0.1, 0.15) is 17.3 Å². The van der Waals surface area contributed by atoms with Gasteiger partial charge in [-0.3, -0.25) is 9.59 Å². The monoisotopic (exact) mass is 458 g/mol. The van der Waals surface area contributed by atoms with Crippen LogP contribution in [0.4, 0.5) is 5.69 Å². The number of furan rings is 1. The van der Waals surface area contributed by atoms with Crippen LogP contribution in [0, 0.1) is 5.92 Å². The van der Waals surface area contributed by atoms with E-state index in [1.54, 1.807) is 19.2 Å². The van der Waals surface area contributed by atoms with Crippen LogP contribution in [0.3, 0.4) is 0 Å². The number of amides is 2. The van der Waals surface area contributed by atoms with Crippen molar-refractivity contribution in [2.45, 2.75) is 45.1 Å². The fourth-order valence-electron chi connectivity index (χ4n) is 5.02. The summed E-state index contributed by atoms with van der Waals surface area (Å²) >= 11 is 0. The summed E-state index contributed by atoms with van der Waals surface area (Å²) in [7, 11) is 1.55.